The number of nitrogens with zero attached hydrogens (tertiary/aromatic N) is 3. The zero-order valence-electron chi connectivity index (χ0n) is 11.4. The minimum Gasteiger partial charge on any atom is -0.346 e. The predicted molar refractivity (Wildman–Crippen MR) is 79.3 cm³/mol. The van der Waals surface area contributed by atoms with E-state index in [-0.39, 0.29) is 0 Å². The fourth-order valence-corrected chi connectivity index (χ4v) is 2.35. The van der Waals surface area contributed by atoms with Gasteiger partial charge in [-0.25, -0.2) is 9.97 Å². The van der Waals surface area contributed by atoms with Gasteiger partial charge in [0.1, 0.15) is 5.65 Å². The van der Waals surface area contributed by atoms with Crippen LogP contribution in [0.5, 0.6) is 0 Å². The molecule has 0 aliphatic heterocycles. The normalized spacial score (nSPS) is 11.2. The van der Waals surface area contributed by atoms with E-state index in [0.717, 1.165) is 25.3 Å². The van der Waals surface area contributed by atoms with Crippen LogP contribution in [0, 0.1) is 0 Å². The van der Waals surface area contributed by atoms with Gasteiger partial charge < -0.3 is 14.9 Å². The third kappa shape index (κ3) is 3.05. The lowest BCUT2D eigenvalue weighted by molar-refractivity contribution is 0.569. The number of nitrogens with one attached hydrogen (secondary N) is 2. The summed E-state index contributed by atoms with van der Waals surface area (Å²) in [4.78, 5) is 11.5. The second kappa shape index (κ2) is 6.34. The Morgan fingerprint density at radius 2 is 2.25 bits per heavy atom. The standard InChI is InChI=1S/C15H19N5/c1(2-8-20-9-7-17-12-20)5-16-10-13-11-19-15-14(13)4-3-6-18-15/h3-4,6-7,9,11-12,16H,1-2,5,8,10H2,(H,18,19). The van der Waals surface area contributed by atoms with Gasteiger partial charge in [-0.05, 0) is 37.1 Å². The highest BCUT2D eigenvalue weighted by atomic mass is 15.0. The van der Waals surface area contributed by atoms with Gasteiger partial charge in [0, 0.05) is 43.3 Å². The smallest absolute Gasteiger partial charge is 0.137 e. The van der Waals surface area contributed by atoms with E-state index in [1.54, 1.807) is 0 Å². The van der Waals surface area contributed by atoms with Crippen LogP contribution in [0.3, 0.4) is 0 Å². The molecular formula is C15H19N5. The number of fused-ring (bicyclic) bond motifs is 1. The number of unbranched alkanes of at least 4 members (excludes halogenated alkanes) is 1. The van der Waals surface area contributed by atoms with E-state index in [1.165, 1.54) is 23.8 Å². The van der Waals surface area contributed by atoms with Gasteiger partial charge in [0.15, 0.2) is 0 Å². The molecule has 0 radical (unpaired) electrons. The molecule has 3 aromatic rings. The molecule has 0 saturated carbocycles. The number of aromatic amines is 1. The van der Waals surface area contributed by atoms with Crippen LogP contribution in [0.25, 0.3) is 11.0 Å². The van der Waals surface area contributed by atoms with Crippen molar-refractivity contribution >= 4 is 11.0 Å². The van der Waals surface area contributed by atoms with Gasteiger partial charge in [-0.3, -0.25) is 0 Å². The Morgan fingerprint density at radius 1 is 1.25 bits per heavy atom. The van der Waals surface area contributed by atoms with E-state index < -0.39 is 0 Å². The number of hydrogen-bond donors (Lipinski definition) is 2. The minimum absolute atomic E-state index is 0.886. The Hall–Kier alpha value is -2.14. The summed E-state index contributed by atoms with van der Waals surface area (Å²) in [5.41, 5.74) is 2.24. The van der Waals surface area contributed by atoms with Crippen LogP contribution in [0.1, 0.15) is 18.4 Å². The molecule has 5 heteroatoms. The summed E-state index contributed by atoms with van der Waals surface area (Å²) in [5.74, 6) is 0. The number of rotatable bonds is 7. The zero-order chi connectivity index (χ0) is 13.6. The quantitative estimate of drug-likeness (QED) is 0.647. The van der Waals surface area contributed by atoms with Crippen molar-refractivity contribution < 1.29 is 0 Å². The highest BCUT2D eigenvalue weighted by Crippen LogP contribution is 2.14. The van der Waals surface area contributed by atoms with E-state index in [9.17, 15) is 0 Å². The van der Waals surface area contributed by atoms with Gasteiger partial charge in [0.05, 0.1) is 6.33 Å². The molecule has 3 aromatic heterocycles. The SMILES string of the molecule is c1cnc2[nH]cc(CNCCCCn3ccnc3)c2c1. The Balaban J connectivity index is 1.39. The van der Waals surface area contributed by atoms with Crippen molar-refractivity contribution in [3.8, 4) is 0 Å². The van der Waals surface area contributed by atoms with Crippen molar-refractivity contribution in [1.82, 2.24) is 24.8 Å². The largest absolute Gasteiger partial charge is 0.346 e. The number of pyridine rings is 1. The number of hydrogen-bond acceptors (Lipinski definition) is 3. The monoisotopic (exact) mass is 269 g/mol. The van der Waals surface area contributed by atoms with Crippen molar-refractivity contribution in [3.63, 3.8) is 0 Å². The highest BCUT2D eigenvalue weighted by molar-refractivity contribution is 5.79. The van der Waals surface area contributed by atoms with Gasteiger partial charge in [0.2, 0.25) is 0 Å². The molecule has 0 atom stereocenters. The van der Waals surface area contributed by atoms with Crippen LogP contribution in [0.4, 0.5) is 0 Å². The molecule has 0 spiro atoms. The number of aryl methyl sites for hydroxylation is 1. The fourth-order valence-electron chi connectivity index (χ4n) is 2.35. The molecular weight excluding hydrogens is 250 g/mol. The second-order valence-corrected chi connectivity index (χ2v) is 4.90. The molecule has 3 heterocycles. The Kier molecular flexibility index (Phi) is 4.08. The minimum atomic E-state index is 0.886. The molecule has 104 valence electrons. The summed E-state index contributed by atoms with van der Waals surface area (Å²) in [6.45, 7) is 2.96. The summed E-state index contributed by atoms with van der Waals surface area (Å²) in [7, 11) is 0. The van der Waals surface area contributed by atoms with Crippen molar-refractivity contribution in [2.45, 2.75) is 25.9 Å². The van der Waals surface area contributed by atoms with Gasteiger partial charge in [-0.1, -0.05) is 0 Å². The highest BCUT2D eigenvalue weighted by Gasteiger charge is 2.02. The van der Waals surface area contributed by atoms with E-state index >= 15 is 0 Å². The molecule has 20 heavy (non-hydrogen) atoms. The van der Waals surface area contributed by atoms with Crippen LogP contribution in [-0.2, 0) is 13.1 Å². The molecule has 0 bridgehead atoms. The van der Waals surface area contributed by atoms with Gasteiger partial charge >= 0.3 is 0 Å². The van der Waals surface area contributed by atoms with Crippen molar-refractivity contribution in [1.29, 1.82) is 0 Å². The molecule has 0 aliphatic carbocycles. The predicted octanol–water partition coefficient (Wildman–Crippen LogP) is 2.33. The Morgan fingerprint density at radius 3 is 3.15 bits per heavy atom. The van der Waals surface area contributed by atoms with E-state index in [1.807, 2.05) is 37.2 Å². The molecule has 0 aromatic carbocycles. The van der Waals surface area contributed by atoms with Gasteiger partial charge in [0.25, 0.3) is 0 Å². The molecule has 2 N–H and O–H groups in total. The van der Waals surface area contributed by atoms with Crippen molar-refractivity contribution in [3.05, 3.63) is 48.8 Å². The zero-order valence-corrected chi connectivity index (χ0v) is 11.4. The summed E-state index contributed by atoms with van der Waals surface area (Å²) < 4.78 is 2.12. The maximum absolute atomic E-state index is 4.30. The van der Waals surface area contributed by atoms with Crippen molar-refractivity contribution in [2.24, 2.45) is 0 Å². The van der Waals surface area contributed by atoms with Crippen LogP contribution in [0.2, 0.25) is 0 Å². The Labute approximate surface area is 118 Å². The number of imidazole rings is 1. The molecule has 0 fully saturated rings. The van der Waals surface area contributed by atoms with E-state index in [0.29, 0.717) is 0 Å². The van der Waals surface area contributed by atoms with Gasteiger partial charge in [-0.15, -0.1) is 0 Å². The topological polar surface area (TPSA) is 58.5 Å². The number of H-pyrrole nitrogens is 1. The fraction of sp³-hybridized carbons (Fsp3) is 0.333. The number of aromatic nitrogens is 4. The maximum Gasteiger partial charge on any atom is 0.137 e. The lowest BCUT2D eigenvalue weighted by atomic mass is 10.2. The molecule has 0 unspecified atom stereocenters. The van der Waals surface area contributed by atoms with Crippen LogP contribution in [-0.4, -0.2) is 26.1 Å². The summed E-state index contributed by atoms with van der Waals surface area (Å²) in [5, 5.41) is 4.69. The first-order valence-corrected chi connectivity index (χ1v) is 7.01. The third-order valence-corrected chi connectivity index (χ3v) is 3.43. The lowest BCUT2D eigenvalue weighted by Gasteiger charge is -2.04. The summed E-state index contributed by atoms with van der Waals surface area (Å²) >= 11 is 0. The average molecular weight is 269 g/mol. The van der Waals surface area contributed by atoms with E-state index in [4.69, 9.17) is 0 Å². The van der Waals surface area contributed by atoms with Crippen LogP contribution in [0.15, 0.2) is 43.2 Å². The first-order valence-electron chi connectivity index (χ1n) is 7.01. The molecule has 0 aliphatic rings. The average Bonchev–Trinajstić information content (AvgIpc) is 3.12. The van der Waals surface area contributed by atoms with Crippen LogP contribution >= 0.6 is 0 Å². The Bertz CT molecular complexity index is 641. The molecule has 5 nitrogen and oxygen atoms in total. The van der Waals surface area contributed by atoms with Crippen molar-refractivity contribution in [2.75, 3.05) is 6.54 Å². The van der Waals surface area contributed by atoms with E-state index in [2.05, 4.69) is 30.9 Å². The summed E-state index contributed by atoms with van der Waals surface area (Å²) in [6, 6.07) is 4.08. The first-order chi connectivity index (χ1) is 9.93. The third-order valence-electron chi connectivity index (χ3n) is 3.43. The second-order valence-electron chi connectivity index (χ2n) is 4.90. The summed E-state index contributed by atoms with van der Waals surface area (Å²) in [6.07, 6.45) is 11.9. The first kappa shape index (κ1) is 12.9. The van der Waals surface area contributed by atoms with Crippen LogP contribution < -0.4 is 5.32 Å². The molecule has 3 rings (SSSR count). The van der Waals surface area contributed by atoms with Gasteiger partial charge in [-0.2, -0.15) is 0 Å². The maximum atomic E-state index is 4.30. The molecule has 0 amide bonds. The molecule has 0 saturated heterocycles. The lowest BCUT2D eigenvalue weighted by Crippen LogP contribution is -2.15.